The molecule has 0 atom stereocenters. The Hall–Kier alpha value is -1.81. The normalized spacial score (nSPS) is 11.2. The van der Waals surface area contributed by atoms with Crippen LogP contribution in [0.25, 0.3) is 0 Å². The lowest BCUT2D eigenvalue weighted by atomic mass is 10.2. The summed E-state index contributed by atoms with van der Waals surface area (Å²) in [5.41, 5.74) is 0.921. The van der Waals surface area contributed by atoms with E-state index in [0.717, 1.165) is 5.56 Å². The van der Waals surface area contributed by atoms with Crippen LogP contribution in [0.3, 0.4) is 0 Å². The van der Waals surface area contributed by atoms with E-state index < -0.39 is 9.84 Å². The number of hydrogen-bond acceptors (Lipinski definition) is 3. The minimum atomic E-state index is -3.44. The van der Waals surface area contributed by atoms with E-state index >= 15 is 0 Å². The van der Waals surface area contributed by atoms with E-state index in [4.69, 9.17) is 4.74 Å². The minimum Gasteiger partial charge on any atom is -0.497 e. The van der Waals surface area contributed by atoms with Crippen molar-refractivity contribution < 1.29 is 13.2 Å². The maximum absolute atomic E-state index is 12.3. The molecule has 0 spiro atoms. The molecule has 18 heavy (non-hydrogen) atoms. The molecule has 0 radical (unpaired) electrons. The number of methoxy groups -OCH3 is 1. The fourth-order valence-electron chi connectivity index (χ4n) is 1.67. The average Bonchev–Trinajstić information content (AvgIpc) is 2.39. The maximum atomic E-state index is 12.3. The molecule has 0 aromatic heterocycles. The largest absolute Gasteiger partial charge is 0.497 e. The predicted molar refractivity (Wildman–Crippen MR) is 69.6 cm³/mol. The van der Waals surface area contributed by atoms with Crippen molar-refractivity contribution in [3.05, 3.63) is 54.1 Å². The van der Waals surface area contributed by atoms with Gasteiger partial charge in [-0.1, -0.05) is 12.1 Å². The first-order chi connectivity index (χ1) is 8.54. The van der Waals surface area contributed by atoms with Crippen molar-refractivity contribution in [1.29, 1.82) is 0 Å². The minimum absolute atomic E-state index is 0.272. The van der Waals surface area contributed by atoms with Gasteiger partial charge in [0.05, 0.1) is 16.9 Å². The van der Waals surface area contributed by atoms with Crippen molar-refractivity contribution in [1.82, 2.24) is 0 Å². The van der Waals surface area contributed by atoms with Crippen LogP contribution < -0.4 is 4.74 Å². The molecular weight excluding hydrogens is 248 g/mol. The Morgan fingerprint density at radius 1 is 0.944 bits per heavy atom. The van der Waals surface area contributed by atoms with Crippen molar-refractivity contribution in [3.8, 4) is 5.75 Å². The van der Waals surface area contributed by atoms with Gasteiger partial charge in [0.25, 0.3) is 0 Å². The van der Waals surface area contributed by atoms with Crippen molar-refractivity contribution in [2.75, 3.05) is 7.11 Å². The molecule has 0 fully saturated rings. The Bertz CT molecular complexity index is 643. The van der Waals surface area contributed by atoms with Crippen LogP contribution in [0.15, 0.2) is 58.3 Å². The number of ether oxygens (including phenoxy) is 1. The van der Waals surface area contributed by atoms with E-state index in [2.05, 4.69) is 0 Å². The van der Waals surface area contributed by atoms with Crippen LogP contribution >= 0.6 is 0 Å². The molecule has 2 aromatic rings. The first-order valence-corrected chi connectivity index (χ1v) is 6.98. The summed E-state index contributed by atoms with van der Waals surface area (Å²) in [6, 6.07) is 13.3. The molecule has 0 saturated heterocycles. The van der Waals surface area contributed by atoms with Gasteiger partial charge in [-0.05, 0) is 48.9 Å². The Morgan fingerprint density at radius 2 is 1.61 bits per heavy atom. The predicted octanol–water partition coefficient (Wildman–Crippen LogP) is 2.84. The highest BCUT2D eigenvalue weighted by Gasteiger charge is 2.17. The second-order valence-corrected chi connectivity index (χ2v) is 5.95. The standard InChI is InChI=1S/C14H14O3S/c1-11-4-3-5-14(10-11)18(15,16)13-8-6-12(17-2)7-9-13/h3-10H,1-2H3. The summed E-state index contributed by atoms with van der Waals surface area (Å²) in [5, 5.41) is 0. The summed E-state index contributed by atoms with van der Waals surface area (Å²) in [6.45, 7) is 1.87. The molecule has 0 amide bonds. The van der Waals surface area contributed by atoms with Crippen LogP contribution in [0, 0.1) is 6.92 Å². The fourth-order valence-corrected chi connectivity index (χ4v) is 3.04. The quantitative estimate of drug-likeness (QED) is 0.854. The Balaban J connectivity index is 2.47. The smallest absolute Gasteiger partial charge is 0.206 e. The molecule has 0 saturated carbocycles. The second kappa shape index (κ2) is 4.82. The van der Waals surface area contributed by atoms with E-state index in [1.165, 1.54) is 0 Å². The van der Waals surface area contributed by atoms with E-state index in [1.807, 2.05) is 13.0 Å². The van der Waals surface area contributed by atoms with Gasteiger partial charge in [-0.25, -0.2) is 8.42 Å². The number of aryl methyl sites for hydroxylation is 1. The Morgan fingerprint density at radius 3 is 2.17 bits per heavy atom. The van der Waals surface area contributed by atoms with Crippen molar-refractivity contribution in [3.63, 3.8) is 0 Å². The van der Waals surface area contributed by atoms with E-state index in [9.17, 15) is 8.42 Å². The van der Waals surface area contributed by atoms with Crippen LogP contribution in [0.4, 0.5) is 0 Å². The second-order valence-electron chi connectivity index (χ2n) is 4.00. The first-order valence-electron chi connectivity index (χ1n) is 5.50. The summed E-state index contributed by atoms with van der Waals surface area (Å²) < 4.78 is 29.7. The summed E-state index contributed by atoms with van der Waals surface area (Å²) in [5.74, 6) is 0.637. The lowest BCUT2D eigenvalue weighted by molar-refractivity contribution is 0.414. The van der Waals surface area contributed by atoms with Crippen LogP contribution in [0.5, 0.6) is 5.75 Å². The van der Waals surface area contributed by atoms with Crippen molar-refractivity contribution in [2.24, 2.45) is 0 Å². The third-order valence-corrected chi connectivity index (χ3v) is 4.44. The molecule has 2 rings (SSSR count). The Labute approximate surface area is 107 Å². The zero-order chi connectivity index (χ0) is 13.2. The summed E-state index contributed by atoms with van der Waals surface area (Å²) >= 11 is 0. The molecule has 0 aliphatic rings. The van der Waals surface area contributed by atoms with Gasteiger partial charge in [0, 0.05) is 0 Å². The highest BCUT2D eigenvalue weighted by molar-refractivity contribution is 7.91. The SMILES string of the molecule is COc1ccc(S(=O)(=O)c2cccc(C)c2)cc1. The summed E-state index contributed by atoms with van der Waals surface area (Å²) in [6.07, 6.45) is 0. The van der Waals surface area contributed by atoms with Gasteiger partial charge in [-0.15, -0.1) is 0 Å². The van der Waals surface area contributed by atoms with Gasteiger partial charge < -0.3 is 4.74 Å². The molecule has 0 bridgehead atoms. The fraction of sp³-hybridized carbons (Fsp3) is 0.143. The highest BCUT2D eigenvalue weighted by Crippen LogP contribution is 2.23. The first kappa shape index (κ1) is 12.6. The van der Waals surface area contributed by atoms with Crippen LogP contribution in [-0.4, -0.2) is 15.5 Å². The van der Waals surface area contributed by atoms with Crippen LogP contribution in [-0.2, 0) is 9.84 Å². The van der Waals surface area contributed by atoms with Crippen LogP contribution in [0.1, 0.15) is 5.56 Å². The zero-order valence-electron chi connectivity index (χ0n) is 10.3. The number of rotatable bonds is 3. The molecule has 0 unspecified atom stereocenters. The maximum Gasteiger partial charge on any atom is 0.206 e. The molecule has 0 aliphatic heterocycles. The summed E-state index contributed by atoms with van der Waals surface area (Å²) in [4.78, 5) is 0.585. The number of benzene rings is 2. The highest BCUT2D eigenvalue weighted by atomic mass is 32.2. The molecule has 0 aliphatic carbocycles. The topological polar surface area (TPSA) is 43.4 Å². The van der Waals surface area contributed by atoms with Gasteiger partial charge in [0.1, 0.15) is 5.75 Å². The van der Waals surface area contributed by atoms with Gasteiger partial charge >= 0.3 is 0 Å². The summed E-state index contributed by atoms with van der Waals surface area (Å²) in [7, 11) is -1.90. The monoisotopic (exact) mass is 262 g/mol. The van der Waals surface area contributed by atoms with E-state index in [1.54, 1.807) is 49.6 Å². The lowest BCUT2D eigenvalue weighted by Crippen LogP contribution is -2.02. The third kappa shape index (κ3) is 2.38. The molecule has 94 valence electrons. The molecule has 4 heteroatoms. The van der Waals surface area contributed by atoms with Crippen LogP contribution in [0.2, 0.25) is 0 Å². The number of hydrogen-bond donors (Lipinski definition) is 0. The van der Waals surface area contributed by atoms with Crippen molar-refractivity contribution in [2.45, 2.75) is 16.7 Å². The zero-order valence-corrected chi connectivity index (χ0v) is 11.1. The Kier molecular flexibility index (Phi) is 3.39. The molecule has 2 aromatic carbocycles. The van der Waals surface area contributed by atoms with Crippen molar-refractivity contribution >= 4 is 9.84 Å². The molecule has 0 N–H and O–H groups in total. The van der Waals surface area contributed by atoms with Gasteiger partial charge in [0.2, 0.25) is 9.84 Å². The molecule has 0 heterocycles. The molecular formula is C14H14O3S. The average molecular weight is 262 g/mol. The lowest BCUT2D eigenvalue weighted by Gasteiger charge is -2.06. The number of sulfone groups is 1. The molecule has 3 nitrogen and oxygen atoms in total. The third-order valence-electron chi connectivity index (χ3n) is 2.67. The van der Waals surface area contributed by atoms with Gasteiger partial charge in [0.15, 0.2) is 0 Å². The van der Waals surface area contributed by atoms with Gasteiger partial charge in [-0.2, -0.15) is 0 Å². The van der Waals surface area contributed by atoms with E-state index in [-0.39, 0.29) is 4.90 Å². The van der Waals surface area contributed by atoms with E-state index in [0.29, 0.717) is 10.6 Å². The van der Waals surface area contributed by atoms with Gasteiger partial charge in [-0.3, -0.25) is 0 Å².